The Morgan fingerprint density at radius 1 is 1.09 bits per heavy atom. The number of carboxylic acid groups (broad SMARTS) is 1. The van der Waals surface area contributed by atoms with Gasteiger partial charge in [0.1, 0.15) is 16.9 Å². The van der Waals surface area contributed by atoms with E-state index >= 15 is 4.39 Å². The molecule has 0 radical (unpaired) electrons. The third-order valence-corrected chi connectivity index (χ3v) is 7.99. The number of benzene rings is 2. The molecule has 0 bridgehead atoms. The second-order valence-electron chi connectivity index (χ2n) is 8.96. The van der Waals surface area contributed by atoms with E-state index in [1.54, 1.807) is 6.07 Å². The molecule has 0 amide bonds. The zero-order valence-corrected chi connectivity index (χ0v) is 18.6. The van der Waals surface area contributed by atoms with Crippen molar-refractivity contribution >= 4 is 27.7 Å². The number of aromatic nitrogens is 2. The van der Waals surface area contributed by atoms with Gasteiger partial charge in [-0.1, -0.05) is 36.4 Å². The molecule has 2 N–H and O–H groups in total. The molecule has 1 saturated carbocycles. The summed E-state index contributed by atoms with van der Waals surface area (Å²) in [7, 11) is 0. The van der Waals surface area contributed by atoms with E-state index in [2.05, 4.69) is 40.6 Å². The first-order chi connectivity index (χ1) is 16.0. The van der Waals surface area contributed by atoms with E-state index in [1.165, 1.54) is 23.0 Å². The summed E-state index contributed by atoms with van der Waals surface area (Å²) < 4.78 is 16.0. The summed E-state index contributed by atoms with van der Waals surface area (Å²) in [6.07, 6.45) is 2.61. The Labute approximate surface area is 194 Å². The highest BCUT2D eigenvalue weighted by Gasteiger charge is 2.47. The van der Waals surface area contributed by atoms with Crippen LogP contribution in [0.25, 0.3) is 20.9 Å². The lowest BCUT2D eigenvalue weighted by Gasteiger charge is -2.14. The third kappa shape index (κ3) is 3.52. The van der Waals surface area contributed by atoms with Crippen LogP contribution in [0.2, 0.25) is 0 Å². The smallest absolute Gasteiger partial charge is 0.320 e. The standard InChI is InChI=1S/C26H22FN3O2S/c27-19-12-15(16-13-20(25(31)32)28-14-16)6-7-18(19)24-30-23-21(33-24)8-9-22(29-23)26(10-11-26)17-4-2-1-3-5-17/h1-9,12,16,20,28H,10-11,13-14H2,(H,31,32)/t16-,20-/m0/s1. The average molecular weight is 460 g/mol. The van der Waals surface area contributed by atoms with Crippen LogP contribution >= 0.6 is 11.3 Å². The van der Waals surface area contributed by atoms with Gasteiger partial charge in [0.2, 0.25) is 0 Å². The molecule has 4 aromatic rings. The molecule has 2 aromatic carbocycles. The quantitative estimate of drug-likeness (QED) is 0.434. The van der Waals surface area contributed by atoms with Crippen LogP contribution in [0.5, 0.6) is 0 Å². The van der Waals surface area contributed by atoms with E-state index in [4.69, 9.17) is 4.98 Å². The number of nitrogens with zero attached hydrogens (tertiary/aromatic N) is 2. The van der Waals surface area contributed by atoms with Gasteiger partial charge < -0.3 is 10.4 Å². The number of pyridine rings is 1. The predicted molar refractivity (Wildman–Crippen MR) is 126 cm³/mol. The van der Waals surface area contributed by atoms with Gasteiger partial charge in [-0.15, -0.1) is 11.3 Å². The van der Waals surface area contributed by atoms with E-state index in [-0.39, 0.29) is 17.2 Å². The molecule has 166 valence electrons. The number of halogens is 1. The van der Waals surface area contributed by atoms with Gasteiger partial charge in [-0.25, -0.2) is 14.4 Å². The molecule has 0 spiro atoms. The molecular weight excluding hydrogens is 437 g/mol. The van der Waals surface area contributed by atoms with Crippen molar-refractivity contribution in [3.8, 4) is 10.6 Å². The molecule has 2 aliphatic rings. The highest BCUT2D eigenvalue weighted by atomic mass is 32.1. The minimum atomic E-state index is -0.865. The summed E-state index contributed by atoms with van der Waals surface area (Å²) >= 11 is 1.44. The van der Waals surface area contributed by atoms with Gasteiger partial charge in [0.15, 0.2) is 5.65 Å². The van der Waals surface area contributed by atoms with Crippen molar-refractivity contribution in [1.29, 1.82) is 0 Å². The van der Waals surface area contributed by atoms with E-state index in [9.17, 15) is 9.90 Å². The summed E-state index contributed by atoms with van der Waals surface area (Å²) in [5, 5.41) is 12.8. The molecule has 1 aliphatic heterocycles. The molecular formula is C26H22FN3O2S. The SMILES string of the molecule is O=C(O)[C@@H]1C[C@H](c2ccc(-c3nc4nc(C5(c6ccccc6)CC5)ccc4s3)c(F)c2)CN1. The topological polar surface area (TPSA) is 75.1 Å². The molecule has 6 rings (SSSR count). The summed E-state index contributed by atoms with van der Waals surface area (Å²) in [5.74, 6) is -1.22. The Morgan fingerprint density at radius 3 is 2.61 bits per heavy atom. The monoisotopic (exact) mass is 459 g/mol. The first-order valence-corrected chi connectivity index (χ1v) is 11.9. The van der Waals surface area contributed by atoms with Crippen molar-refractivity contribution in [3.05, 3.63) is 83.3 Å². The van der Waals surface area contributed by atoms with Crippen LogP contribution in [0, 0.1) is 5.82 Å². The number of aliphatic carboxylic acids is 1. The van der Waals surface area contributed by atoms with Gasteiger partial charge in [0.25, 0.3) is 0 Å². The fraction of sp³-hybridized carbons (Fsp3) is 0.269. The Kier molecular flexibility index (Phi) is 4.78. The zero-order chi connectivity index (χ0) is 22.6. The first kappa shape index (κ1) is 20.4. The second-order valence-corrected chi connectivity index (χ2v) is 9.99. The number of nitrogens with one attached hydrogen (secondary N) is 1. The molecule has 3 heterocycles. The number of hydrogen-bond donors (Lipinski definition) is 2. The lowest BCUT2D eigenvalue weighted by Crippen LogP contribution is -2.29. The summed E-state index contributed by atoms with van der Waals surface area (Å²) in [5.41, 5.74) is 4.19. The van der Waals surface area contributed by atoms with Crippen molar-refractivity contribution in [2.45, 2.75) is 36.6 Å². The number of fused-ring (bicyclic) bond motifs is 1. The summed E-state index contributed by atoms with van der Waals surface area (Å²) in [6, 6.07) is 19.2. The van der Waals surface area contributed by atoms with Crippen molar-refractivity contribution in [2.75, 3.05) is 6.54 Å². The Hall–Kier alpha value is -3.16. The normalized spacial score (nSPS) is 21.4. The minimum Gasteiger partial charge on any atom is -0.480 e. The highest BCUT2D eigenvalue weighted by molar-refractivity contribution is 7.21. The van der Waals surface area contributed by atoms with Crippen LogP contribution in [0.1, 0.15) is 42.0 Å². The zero-order valence-electron chi connectivity index (χ0n) is 17.8. The molecule has 5 nitrogen and oxygen atoms in total. The van der Waals surface area contributed by atoms with Crippen molar-refractivity contribution in [3.63, 3.8) is 0 Å². The van der Waals surface area contributed by atoms with E-state index < -0.39 is 12.0 Å². The van der Waals surface area contributed by atoms with Crippen LogP contribution in [-0.2, 0) is 10.2 Å². The second kappa shape index (κ2) is 7.71. The van der Waals surface area contributed by atoms with Crippen molar-refractivity contribution in [1.82, 2.24) is 15.3 Å². The molecule has 2 fully saturated rings. The number of carboxylic acids is 1. The van der Waals surface area contributed by atoms with Gasteiger partial charge in [-0.2, -0.15) is 0 Å². The average Bonchev–Trinajstić information content (AvgIpc) is 3.28. The largest absolute Gasteiger partial charge is 0.480 e. The maximum Gasteiger partial charge on any atom is 0.320 e. The van der Waals surface area contributed by atoms with Gasteiger partial charge in [-0.05, 0) is 60.6 Å². The van der Waals surface area contributed by atoms with Crippen molar-refractivity contribution in [2.24, 2.45) is 0 Å². The van der Waals surface area contributed by atoms with E-state index in [0.717, 1.165) is 28.8 Å². The lowest BCUT2D eigenvalue weighted by molar-refractivity contribution is -0.139. The van der Waals surface area contributed by atoms with Gasteiger partial charge >= 0.3 is 5.97 Å². The minimum absolute atomic E-state index is 0.0121. The highest BCUT2D eigenvalue weighted by Crippen LogP contribution is 2.53. The number of rotatable bonds is 5. The predicted octanol–water partition coefficient (Wildman–Crippen LogP) is 5.11. The van der Waals surface area contributed by atoms with Crippen molar-refractivity contribution < 1.29 is 14.3 Å². The number of hydrogen-bond acceptors (Lipinski definition) is 5. The number of carbonyl (C=O) groups is 1. The van der Waals surface area contributed by atoms with Gasteiger partial charge in [0, 0.05) is 17.5 Å². The van der Waals surface area contributed by atoms with Gasteiger partial charge in [0.05, 0.1) is 10.4 Å². The molecule has 1 saturated heterocycles. The Bertz CT molecular complexity index is 1370. The molecule has 0 unspecified atom stereocenters. The fourth-order valence-corrected chi connectivity index (χ4v) is 5.85. The first-order valence-electron chi connectivity index (χ1n) is 11.1. The molecule has 1 aliphatic carbocycles. The molecule has 33 heavy (non-hydrogen) atoms. The maximum absolute atomic E-state index is 15.1. The van der Waals surface area contributed by atoms with E-state index in [1.807, 2.05) is 18.2 Å². The Balaban J connectivity index is 1.30. The number of thiazole rings is 1. The Morgan fingerprint density at radius 2 is 1.91 bits per heavy atom. The fourth-order valence-electron chi connectivity index (χ4n) is 4.91. The molecule has 2 aromatic heterocycles. The lowest BCUT2D eigenvalue weighted by atomic mass is 9.92. The third-order valence-electron chi connectivity index (χ3n) is 6.94. The molecule has 7 heteroatoms. The van der Waals surface area contributed by atoms with E-state index in [0.29, 0.717) is 29.2 Å². The maximum atomic E-state index is 15.1. The van der Waals surface area contributed by atoms with Crippen LogP contribution in [0.4, 0.5) is 4.39 Å². The van der Waals surface area contributed by atoms with Crippen LogP contribution in [-0.4, -0.2) is 33.6 Å². The molecule has 2 atom stereocenters. The van der Waals surface area contributed by atoms with Crippen LogP contribution < -0.4 is 5.32 Å². The van der Waals surface area contributed by atoms with Gasteiger partial charge in [-0.3, -0.25) is 4.79 Å². The summed E-state index contributed by atoms with van der Waals surface area (Å²) in [6.45, 7) is 0.534. The van der Waals surface area contributed by atoms with Crippen LogP contribution in [0.15, 0.2) is 60.7 Å². The van der Waals surface area contributed by atoms with Crippen LogP contribution in [0.3, 0.4) is 0 Å². The summed E-state index contributed by atoms with van der Waals surface area (Å²) in [4.78, 5) is 20.7.